The first kappa shape index (κ1) is 19.5. The van der Waals surface area contributed by atoms with Crippen molar-refractivity contribution in [1.29, 1.82) is 0 Å². The predicted octanol–water partition coefficient (Wildman–Crippen LogP) is 2.73. The van der Waals surface area contributed by atoms with Crippen LogP contribution in [-0.2, 0) is 17.8 Å². The number of aromatic hydroxyl groups is 1. The quantitative estimate of drug-likeness (QED) is 0.398. The number of carbonyl (C=O) groups is 1. The van der Waals surface area contributed by atoms with E-state index in [-0.39, 0.29) is 41.2 Å². The molecular weight excluding hydrogens is 378 g/mol. The van der Waals surface area contributed by atoms with Crippen LogP contribution < -0.4 is 10.9 Å². The van der Waals surface area contributed by atoms with Crippen molar-refractivity contribution < 1.29 is 14.3 Å². The van der Waals surface area contributed by atoms with E-state index in [4.69, 9.17) is 4.42 Å². The fraction of sp³-hybridized carbons (Fsp3) is 0.150. The van der Waals surface area contributed by atoms with Gasteiger partial charge in [0, 0.05) is 6.42 Å². The Morgan fingerprint density at radius 3 is 2.79 bits per heavy atom. The van der Waals surface area contributed by atoms with Gasteiger partial charge in [-0.2, -0.15) is 4.98 Å². The van der Waals surface area contributed by atoms with Crippen molar-refractivity contribution >= 4 is 23.7 Å². The molecule has 0 radical (unpaired) electrons. The summed E-state index contributed by atoms with van der Waals surface area (Å²) in [6, 6.07) is 13.1. The normalized spacial score (nSPS) is 11.0. The minimum absolute atomic E-state index is 0.0519. The second-order valence-corrected chi connectivity index (χ2v) is 6.80. The zero-order valence-electron chi connectivity index (χ0n) is 14.9. The van der Waals surface area contributed by atoms with Gasteiger partial charge in [-0.1, -0.05) is 54.2 Å². The zero-order valence-corrected chi connectivity index (χ0v) is 15.7. The van der Waals surface area contributed by atoms with E-state index in [2.05, 4.69) is 15.3 Å². The molecule has 8 heteroatoms. The first-order valence-electron chi connectivity index (χ1n) is 8.57. The molecule has 3 aromatic rings. The monoisotopic (exact) mass is 397 g/mol. The highest BCUT2D eigenvalue weighted by Crippen LogP contribution is 2.17. The molecule has 144 valence electrons. The molecule has 0 saturated carbocycles. The number of benzene rings is 1. The fourth-order valence-electron chi connectivity index (χ4n) is 2.38. The van der Waals surface area contributed by atoms with Crippen LogP contribution in [0.25, 0.3) is 6.08 Å². The highest BCUT2D eigenvalue weighted by Gasteiger charge is 2.11. The van der Waals surface area contributed by atoms with Gasteiger partial charge in [0.1, 0.15) is 5.76 Å². The lowest BCUT2D eigenvalue weighted by Gasteiger charge is -2.05. The van der Waals surface area contributed by atoms with E-state index in [1.54, 1.807) is 18.2 Å². The lowest BCUT2D eigenvalue weighted by atomic mass is 10.1. The number of allylic oxidation sites excluding steroid dienone is 1. The number of thioether (sulfide) groups is 1. The Morgan fingerprint density at radius 1 is 1.25 bits per heavy atom. The first-order chi connectivity index (χ1) is 13.6. The van der Waals surface area contributed by atoms with Crippen LogP contribution in [-0.4, -0.2) is 26.7 Å². The highest BCUT2D eigenvalue weighted by atomic mass is 32.2. The van der Waals surface area contributed by atoms with E-state index in [1.807, 2.05) is 36.4 Å². The molecule has 0 aliphatic rings. The molecule has 0 spiro atoms. The van der Waals surface area contributed by atoms with Crippen molar-refractivity contribution in [2.24, 2.45) is 0 Å². The molecule has 2 aromatic heterocycles. The van der Waals surface area contributed by atoms with Crippen molar-refractivity contribution in [3.8, 4) is 5.88 Å². The molecule has 0 bridgehead atoms. The van der Waals surface area contributed by atoms with Gasteiger partial charge in [0.25, 0.3) is 5.56 Å². The van der Waals surface area contributed by atoms with Crippen LogP contribution in [0.2, 0.25) is 0 Å². The number of rotatable bonds is 8. The summed E-state index contributed by atoms with van der Waals surface area (Å²) in [7, 11) is 0. The summed E-state index contributed by atoms with van der Waals surface area (Å²) in [6.07, 6.45) is 5.43. The number of aromatic amines is 1. The number of carbonyl (C=O) groups excluding carboxylic acids is 1. The Balaban J connectivity index is 1.54. The maximum Gasteiger partial charge on any atom is 0.258 e. The maximum atomic E-state index is 12.2. The van der Waals surface area contributed by atoms with Crippen molar-refractivity contribution in [2.45, 2.75) is 18.1 Å². The van der Waals surface area contributed by atoms with E-state index in [0.717, 1.165) is 17.3 Å². The molecule has 0 saturated heterocycles. The van der Waals surface area contributed by atoms with Crippen LogP contribution in [0.15, 0.2) is 69.2 Å². The second kappa shape index (κ2) is 9.61. The summed E-state index contributed by atoms with van der Waals surface area (Å²) in [5.74, 6) is 0.130. The molecule has 0 fully saturated rings. The molecule has 3 rings (SSSR count). The van der Waals surface area contributed by atoms with Gasteiger partial charge in [-0.3, -0.25) is 9.59 Å². The average Bonchev–Trinajstić information content (AvgIpc) is 3.21. The predicted molar refractivity (Wildman–Crippen MR) is 107 cm³/mol. The number of hydrogen-bond donors (Lipinski definition) is 3. The van der Waals surface area contributed by atoms with Gasteiger partial charge < -0.3 is 19.8 Å². The summed E-state index contributed by atoms with van der Waals surface area (Å²) < 4.78 is 5.13. The Hall–Kier alpha value is -3.26. The third-order valence-corrected chi connectivity index (χ3v) is 4.66. The van der Waals surface area contributed by atoms with E-state index in [9.17, 15) is 14.7 Å². The third kappa shape index (κ3) is 5.62. The van der Waals surface area contributed by atoms with Crippen molar-refractivity contribution in [3.63, 3.8) is 0 Å². The molecule has 7 nitrogen and oxygen atoms in total. The van der Waals surface area contributed by atoms with Crippen LogP contribution in [0.4, 0.5) is 0 Å². The van der Waals surface area contributed by atoms with Crippen molar-refractivity contribution in [2.75, 3.05) is 5.75 Å². The van der Waals surface area contributed by atoms with Crippen molar-refractivity contribution in [1.82, 2.24) is 15.3 Å². The third-order valence-electron chi connectivity index (χ3n) is 3.78. The van der Waals surface area contributed by atoms with Gasteiger partial charge in [0.05, 0.1) is 24.1 Å². The lowest BCUT2D eigenvalue weighted by Crippen LogP contribution is -2.24. The molecule has 28 heavy (non-hydrogen) atoms. The minimum Gasteiger partial charge on any atom is -0.493 e. The van der Waals surface area contributed by atoms with Crippen LogP contribution >= 0.6 is 11.8 Å². The summed E-state index contributed by atoms with van der Waals surface area (Å²) in [4.78, 5) is 30.6. The smallest absolute Gasteiger partial charge is 0.258 e. The van der Waals surface area contributed by atoms with E-state index < -0.39 is 5.56 Å². The SMILES string of the molecule is O=C(CSc1nc(O)c(C/C=C/c2ccccc2)c(=O)[nH]1)NCc1ccco1. The van der Waals surface area contributed by atoms with Gasteiger partial charge >= 0.3 is 0 Å². The first-order valence-corrected chi connectivity index (χ1v) is 9.56. The zero-order chi connectivity index (χ0) is 19.8. The molecule has 1 amide bonds. The van der Waals surface area contributed by atoms with Crippen molar-refractivity contribution in [3.05, 3.63) is 82.0 Å². The molecular formula is C20H19N3O4S. The fourth-order valence-corrected chi connectivity index (χ4v) is 3.06. The van der Waals surface area contributed by atoms with Gasteiger partial charge in [0.2, 0.25) is 11.8 Å². The summed E-state index contributed by atoms with van der Waals surface area (Å²) in [6.45, 7) is 0.286. The molecule has 1 aromatic carbocycles. The minimum atomic E-state index is -0.427. The number of nitrogens with one attached hydrogen (secondary N) is 2. The molecule has 0 aliphatic carbocycles. The number of amides is 1. The molecule has 0 unspecified atom stereocenters. The number of aromatic nitrogens is 2. The highest BCUT2D eigenvalue weighted by molar-refractivity contribution is 7.99. The Bertz CT molecular complexity index is 998. The van der Waals surface area contributed by atoms with Crippen LogP contribution in [0.1, 0.15) is 16.9 Å². The number of H-pyrrole nitrogens is 1. The van der Waals surface area contributed by atoms with Gasteiger partial charge in [-0.05, 0) is 17.7 Å². The Morgan fingerprint density at radius 2 is 2.07 bits per heavy atom. The van der Waals surface area contributed by atoms with Gasteiger partial charge in [-0.25, -0.2) is 0 Å². The van der Waals surface area contributed by atoms with E-state index >= 15 is 0 Å². The number of nitrogens with zero attached hydrogens (tertiary/aromatic N) is 1. The van der Waals surface area contributed by atoms with Crippen LogP contribution in [0.5, 0.6) is 5.88 Å². The van der Waals surface area contributed by atoms with E-state index in [1.165, 1.54) is 6.26 Å². The van der Waals surface area contributed by atoms with E-state index in [0.29, 0.717) is 5.76 Å². The van der Waals surface area contributed by atoms with Gasteiger partial charge in [0.15, 0.2) is 5.16 Å². The van der Waals surface area contributed by atoms with Gasteiger partial charge in [-0.15, -0.1) is 0 Å². The molecule has 0 aliphatic heterocycles. The standard InChI is InChI=1S/C20H19N3O4S/c24-17(21-12-15-9-5-11-27-15)13-28-20-22-18(25)16(19(26)23-20)10-4-8-14-6-2-1-3-7-14/h1-9,11H,10,12-13H2,(H,21,24)(H2,22,23,25,26)/b8-4+. The average molecular weight is 397 g/mol. The topological polar surface area (TPSA) is 108 Å². The maximum absolute atomic E-state index is 12.2. The largest absolute Gasteiger partial charge is 0.493 e. The second-order valence-electron chi connectivity index (χ2n) is 5.84. The number of hydrogen-bond acceptors (Lipinski definition) is 6. The molecule has 0 atom stereocenters. The summed E-state index contributed by atoms with van der Waals surface area (Å²) >= 11 is 1.04. The Labute approximate surface area is 165 Å². The number of furan rings is 1. The molecule has 2 heterocycles. The van der Waals surface area contributed by atoms with Crippen LogP contribution in [0, 0.1) is 0 Å². The summed E-state index contributed by atoms with van der Waals surface area (Å²) in [5.41, 5.74) is 0.752. The summed E-state index contributed by atoms with van der Waals surface area (Å²) in [5, 5.41) is 13.0. The molecule has 3 N–H and O–H groups in total. The van der Waals surface area contributed by atoms with Crippen LogP contribution in [0.3, 0.4) is 0 Å². The Kier molecular flexibility index (Phi) is 6.69. The lowest BCUT2D eigenvalue weighted by molar-refractivity contribution is -0.118.